The second kappa shape index (κ2) is 5.56. The third-order valence-corrected chi connectivity index (χ3v) is 3.10. The molecule has 2 rings (SSSR count). The third-order valence-electron chi connectivity index (χ3n) is 3.10. The van der Waals surface area contributed by atoms with Crippen molar-refractivity contribution in [2.45, 2.75) is 19.4 Å². The molecule has 0 unspecified atom stereocenters. The number of nitrogens with one attached hydrogen (secondary N) is 1. The van der Waals surface area contributed by atoms with E-state index in [0.717, 1.165) is 23.9 Å². The highest BCUT2D eigenvalue weighted by molar-refractivity contribution is 5.93. The Labute approximate surface area is 110 Å². The largest absolute Gasteiger partial charge is 0.478 e. The highest BCUT2D eigenvalue weighted by Crippen LogP contribution is 2.18. The number of fused-ring (bicyclic) bond motifs is 1. The van der Waals surface area contributed by atoms with Crippen LogP contribution in [-0.4, -0.2) is 28.6 Å². The Balaban J connectivity index is 2.12. The lowest BCUT2D eigenvalue weighted by molar-refractivity contribution is -0.120. The van der Waals surface area contributed by atoms with Crippen LogP contribution in [0, 0.1) is 0 Å². The minimum atomic E-state index is -0.922. The molecule has 100 valence electrons. The van der Waals surface area contributed by atoms with Gasteiger partial charge in [0.2, 0.25) is 5.91 Å². The van der Waals surface area contributed by atoms with E-state index < -0.39 is 5.97 Å². The maximum absolute atomic E-state index is 11.1. The molecule has 0 saturated carbocycles. The number of carbonyl (C=O) groups is 2. The van der Waals surface area contributed by atoms with E-state index >= 15 is 0 Å². The van der Waals surface area contributed by atoms with Gasteiger partial charge in [-0.2, -0.15) is 0 Å². The minimum Gasteiger partial charge on any atom is -0.478 e. The Morgan fingerprint density at radius 3 is 2.79 bits per heavy atom. The van der Waals surface area contributed by atoms with Crippen LogP contribution >= 0.6 is 0 Å². The van der Waals surface area contributed by atoms with Crippen molar-refractivity contribution in [1.29, 1.82) is 0 Å². The van der Waals surface area contributed by atoms with Crippen LogP contribution < -0.4 is 5.32 Å². The molecule has 0 aliphatic heterocycles. The highest BCUT2D eigenvalue weighted by Gasteiger charge is 2.07. The van der Waals surface area contributed by atoms with Gasteiger partial charge in [-0.15, -0.1) is 0 Å². The number of carboxylic acids is 1. The zero-order valence-electron chi connectivity index (χ0n) is 10.7. The summed E-state index contributed by atoms with van der Waals surface area (Å²) in [5.41, 5.74) is 1.28. The number of nitrogens with zero attached hydrogens (tertiary/aromatic N) is 1. The fraction of sp³-hybridized carbons (Fsp3) is 0.286. The smallest absolute Gasteiger partial charge is 0.335 e. The molecule has 1 amide bonds. The molecule has 19 heavy (non-hydrogen) atoms. The number of aromatic nitrogens is 1. The summed E-state index contributed by atoms with van der Waals surface area (Å²) < 4.78 is 2.03. The van der Waals surface area contributed by atoms with E-state index in [1.165, 1.54) is 0 Å². The fourth-order valence-electron chi connectivity index (χ4n) is 2.06. The Morgan fingerprint density at radius 2 is 2.11 bits per heavy atom. The normalized spacial score (nSPS) is 10.6. The summed E-state index contributed by atoms with van der Waals surface area (Å²) >= 11 is 0. The van der Waals surface area contributed by atoms with Crippen LogP contribution in [-0.2, 0) is 11.3 Å². The predicted octanol–water partition coefficient (Wildman–Crippen LogP) is 1.87. The summed E-state index contributed by atoms with van der Waals surface area (Å²) in [5.74, 6) is -0.890. The van der Waals surface area contributed by atoms with Gasteiger partial charge in [-0.25, -0.2) is 4.79 Å². The quantitative estimate of drug-likeness (QED) is 0.862. The van der Waals surface area contributed by atoms with Crippen molar-refractivity contribution in [2.75, 3.05) is 7.05 Å². The van der Waals surface area contributed by atoms with Crippen molar-refractivity contribution in [3.05, 3.63) is 36.0 Å². The summed E-state index contributed by atoms with van der Waals surface area (Å²) in [6, 6.07) is 6.95. The monoisotopic (exact) mass is 260 g/mol. The third kappa shape index (κ3) is 2.93. The average molecular weight is 260 g/mol. The van der Waals surface area contributed by atoms with E-state index in [0.29, 0.717) is 6.42 Å². The van der Waals surface area contributed by atoms with Gasteiger partial charge >= 0.3 is 5.97 Å². The number of carboxylic acid groups (broad SMARTS) is 1. The molecule has 0 aliphatic rings. The Bertz CT molecular complexity index is 616. The SMILES string of the molecule is CNC(=O)CCCn1ccc2cc(C(=O)O)ccc21. The van der Waals surface area contributed by atoms with Crippen LogP contribution in [0.3, 0.4) is 0 Å². The number of hydrogen-bond acceptors (Lipinski definition) is 2. The van der Waals surface area contributed by atoms with Gasteiger partial charge in [0, 0.05) is 37.1 Å². The van der Waals surface area contributed by atoms with Crippen LogP contribution in [0.2, 0.25) is 0 Å². The molecule has 1 heterocycles. The van der Waals surface area contributed by atoms with Gasteiger partial charge < -0.3 is 15.0 Å². The van der Waals surface area contributed by atoms with Crippen LogP contribution in [0.25, 0.3) is 10.9 Å². The van der Waals surface area contributed by atoms with E-state index in [4.69, 9.17) is 5.11 Å². The van der Waals surface area contributed by atoms with Gasteiger partial charge in [-0.3, -0.25) is 4.79 Å². The van der Waals surface area contributed by atoms with E-state index in [1.54, 1.807) is 25.2 Å². The minimum absolute atomic E-state index is 0.0321. The van der Waals surface area contributed by atoms with Crippen molar-refractivity contribution >= 4 is 22.8 Å². The zero-order valence-corrected chi connectivity index (χ0v) is 10.7. The summed E-state index contributed by atoms with van der Waals surface area (Å²) in [4.78, 5) is 22.0. The lowest BCUT2D eigenvalue weighted by atomic mass is 10.1. The van der Waals surface area contributed by atoms with Gasteiger partial charge in [0.15, 0.2) is 0 Å². The van der Waals surface area contributed by atoms with Crippen LogP contribution in [0.15, 0.2) is 30.5 Å². The zero-order chi connectivity index (χ0) is 13.8. The molecule has 5 heteroatoms. The van der Waals surface area contributed by atoms with E-state index in [-0.39, 0.29) is 11.5 Å². The van der Waals surface area contributed by atoms with Gasteiger partial charge in [0.05, 0.1) is 5.56 Å². The first-order chi connectivity index (χ1) is 9.11. The Kier molecular flexibility index (Phi) is 3.85. The fourth-order valence-corrected chi connectivity index (χ4v) is 2.06. The number of carbonyl (C=O) groups excluding carboxylic acids is 1. The van der Waals surface area contributed by atoms with Crippen molar-refractivity contribution < 1.29 is 14.7 Å². The van der Waals surface area contributed by atoms with Crippen LogP contribution in [0.1, 0.15) is 23.2 Å². The van der Waals surface area contributed by atoms with E-state index in [1.807, 2.05) is 16.8 Å². The van der Waals surface area contributed by atoms with Gasteiger partial charge in [0.25, 0.3) is 0 Å². The molecule has 0 atom stereocenters. The molecule has 0 saturated heterocycles. The number of amides is 1. The molecule has 1 aromatic heterocycles. The second-order valence-electron chi connectivity index (χ2n) is 4.36. The van der Waals surface area contributed by atoms with Gasteiger partial charge in [-0.05, 0) is 30.7 Å². The first kappa shape index (κ1) is 13.1. The lowest BCUT2D eigenvalue weighted by Crippen LogP contribution is -2.17. The van der Waals surface area contributed by atoms with Crippen molar-refractivity contribution in [1.82, 2.24) is 9.88 Å². The average Bonchev–Trinajstić information content (AvgIpc) is 2.81. The molecule has 0 aliphatic carbocycles. The molecule has 5 nitrogen and oxygen atoms in total. The summed E-state index contributed by atoms with van der Waals surface area (Å²) in [7, 11) is 1.63. The van der Waals surface area contributed by atoms with Crippen molar-refractivity contribution in [3.8, 4) is 0 Å². The Hall–Kier alpha value is -2.30. The molecule has 2 N–H and O–H groups in total. The lowest BCUT2D eigenvalue weighted by Gasteiger charge is -2.05. The molecule has 2 aromatic rings. The molecular formula is C14H16N2O3. The topological polar surface area (TPSA) is 71.3 Å². The molecule has 0 spiro atoms. The maximum atomic E-state index is 11.1. The number of hydrogen-bond donors (Lipinski definition) is 2. The first-order valence-electron chi connectivity index (χ1n) is 6.14. The summed E-state index contributed by atoms with van der Waals surface area (Å²) in [6.45, 7) is 0.739. The predicted molar refractivity (Wildman–Crippen MR) is 72.2 cm³/mol. The first-order valence-corrected chi connectivity index (χ1v) is 6.14. The summed E-state index contributed by atoms with van der Waals surface area (Å²) in [6.07, 6.45) is 3.16. The standard InChI is InChI=1S/C14H16N2O3/c1-15-13(17)3-2-7-16-8-6-10-9-11(14(18)19)4-5-12(10)16/h4-6,8-9H,2-3,7H2,1H3,(H,15,17)(H,18,19). The number of aryl methyl sites for hydroxylation is 1. The molecule has 0 bridgehead atoms. The number of aromatic carboxylic acids is 1. The van der Waals surface area contributed by atoms with E-state index in [9.17, 15) is 9.59 Å². The molecule has 0 radical (unpaired) electrons. The molecule has 0 fully saturated rings. The van der Waals surface area contributed by atoms with Crippen LogP contribution in [0.4, 0.5) is 0 Å². The maximum Gasteiger partial charge on any atom is 0.335 e. The number of rotatable bonds is 5. The molecule has 1 aromatic carbocycles. The van der Waals surface area contributed by atoms with Gasteiger partial charge in [0.1, 0.15) is 0 Å². The van der Waals surface area contributed by atoms with Crippen molar-refractivity contribution in [3.63, 3.8) is 0 Å². The second-order valence-corrected chi connectivity index (χ2v) is 4.36. The van der Waals surface area contributed by atoms with Crippen molar-refractivity contribution in [2.24, 2.45) is 0 Å². The molecular weight excluding hydrogens is 244 g/mol. The van der Waals surface area contributed by atoms with Crippen LogP contribution in [0.5, 0.6) is 0 Å². The summed E-state index contributed by atoms with van der Waals surface area (Å²) in [5, 5.41) is 12.4. The Morgan fingerprint density at radius 1 is 1.32 bits per heavy atom. The highest BCUT2D eigenvalue weighted by atomic mass is 16.4. The van der Waals surface area contributed by atoms with E-state index in [2.05, 4.69) is 5.32 Å². The van der Waals surface area contributed by atoms with Gasteiger partial charge in [-0.1, -0.05) is 0 Å². The number of benzene rings is 1.